The molecule has 2 aliphatic rings. The van der Waals surface area contributed by atoms with Gasteiger partial charge < -0.3 is 20.1 Å². The van der Waals surface area contributed by atoms with Crippen LogP contribution in [-0.4, -0.2) is 39.3 Å². The monoisotopic (exact) mass is 290 g/mol. The molecule has 1 aromatic carbocycles. The summed E-state index contributed by atoms with van der Waals surface area (Å²) in [5.41, 5.74) is 1.18. The van der Waals surface area contributed by atoms with Gasteiger partial charge >= 0.3 is 0 Å². The lowest BCUT2D eigenvalue weighted by molar-refractivity contribution is -0.122. The largest absolute Gasteiger partial charge is 0.486 e. The van der Waals surface area contributed by atoms with Crippen molar-refractivity contribution in [2.75, 3.05) is 33.4 Å². The van der Waals surface area contributed by atoms with Crippen LogP contribution in [0.25, 0.3) is 0 Å². The summed E-state index contributed by atoms with van der Waals surface area (Å²) in [6.45, 7) is 2.87. The zero-order valence-electron chi connectivity index (χ0n) is 12.4. The van der Waals surface area contributed by atoms with Crippen LogP contribution in [0.5, 0.6) is 11.5 Å². The smallest absolute Gasteiger partial charge is 0.223 e. The molecule has 21 heavy (non-hydrogen) atoms. The van der Waals surface area contributed by atoms with E-state index in [-0.39, 0.29) is 11.8 Å². The molecule has 0 saturated heterocycles. The number of hydrogen-bond acceptors (Lipinski definition) is 4. The van der Waals surface area contributed by atoms with Gasteiger partial charge in [-0.25, -0.2) is 0 Å². The molecule has 5 nitrogen and oxygen atoms in total. The molecule has 0 bridgehead atoms. The molecule has 2 N–H and O–H groups in total. The van der Waals surface area contributed by atoms with Crippen molar-refractivity contribution >= 4 is 5.91 Å². The fourth-order valence-corrected chi connectivity index (χ4v) is 2.75. The van der Waals surface area contributed by atoms with E-state index in [0.717, 1.165) is 37.4 Å². The van der Waals surface area contributed by atoms with Gasteiger partial charge in [0.05, 0.1) is 0 Å². The van der Waals surface area contributed by atoms with Crippen LogP contribution in [-0.2, 0) is 4.79 Å². The first-order valence-electron chi connectivity index (χ1n) is 7.61. The van der Waals surface area contributed by atoms with Crippen molar-refractivity contribution in [3.63, 3.8) is 0 Å². The first-order valence-corrected chi connectivity index (χ1v) is 7.61. The van der Waals surface area contributed by atoms with E-state index < -0.39 is 0 Å². The Hall–Kier alpha value is -1.75. The molecular weight excluding hydrogens is 268 g/mol. The van der Waals surface area contributed by atoms with E-state index in [9.17, 15) is 4.79 Å². The number of carbonyl (C=O) groups is 1. The minimum atomic E-state index is 0.113. The van der Waals surface area contributed by atoms with Crippen LogP contribution >= 0.6 is 0 Å². The molecule has 1 heterocycles. The third-order valence-electron chi connectivity index (χ3n) is 4.02. The minimum absolute atomic E-state index is 0.113. The van der Waals surface area contributed by atoms with Crippen LogP contribution in [0.1, 0.15) is 24.3 Å². The van der Waals surface area contributed by atoms with Gasteiger partial charge in [-0.1, -0.05) is 6.07 Å². The Labute approximate surface area is 125 Å². The second kappa shape index (κ2) is 6.35. The standard InChI is InChI=1S/C16H22N2O3/c1-17-5-2-6-18-16(19)13-10-12(13)11-3-4-14-15(9-11)21-8-7-20-14/h3-4,9,12-13,17H,2,5-8,10H2,1H3,(H,18,19). The highest BCUT2D eigenvalue weighted by Crippen LogP contribution is 2.49. The van der Waals surface area contributed by atoms with E-state index in [1.54, 1.807) is 0 Å². The highest BCUT2D eigenvalue weighted by molar-refractivity contribution is 5.82. The van der Waals surface area contributed by atoms with E-state index in [0.29, 0.717) is 19.1 Å². The number of benzene rings is 1. The summed E-state index contributed by atoms with van der Waals surface area (Å²) in [7, 11) is 1.92. The van der Waals surface area contributed by atoms with Gasteiger partial charge in [0.25, 0.3) is 0 Å². The van der Waals surface area contributed by atoms with Crippen molar-refractivity contribution in [2.45, 2.75) is 18.8 Å². The molecule has 5 heteroatoms. The third-order valence-corrected chi connectivity index (χ3v) is 4.02. The van der Waals surface area contributed by atoms with E-state index in [1.165, 1.54) is 5.56 Å². The highest BCUT2D eigenvalue weighted by Gasteiger charge is 2.44. The van der Waals surface area contributed by atoms with E-state index >= 15 is 0 Å². The number of amides is 1. The van der Waals surface area contributed by atoms with Crippen molar-refractivity contribution in [2.24, 2.45) is 5.92 Å². The molecule has 1 aliphatic heterocycles. The maximum absolute atomic E-state index is 12.1. The number of nitrogens with one attached hydrogen (secondary N) is 2. The van der Waals surface area contributed by atoms with Gasteiger partial charge in [0.1, 0.15) is 13.2 Å². The maximum atomic E-state index is 12.1. The summed E-state index contributed by atoms with van der Waals surface area (Å²) >= 11 is 0. The number of fused-ring (bicyclic) bond motifs is 1. The number of carbonyl (C=O) groups excluding carboxylic acids is 1. The van der Waals surface area contributed by atoms with Crippen molar-refractivity contribution < 1.29 is 14.3 Å². The van der Waals surface area contributed by atoms with Gasteiger partial charge in [-0.15, -0.1) is 0 Å². The summed E-state index contributed by atoms with van der Waals surface area (Å²) in [6, 6.07) is 6.02. The molecule has 0 aromatic heterocycles. The summed E-state index contributed by atoms with van der Waals surface area (Å²) in [4.78, 5) is 12.1. The Morgan fingerprint density at radius 3 is 2.86 bits per heavy atom. The van der Waals surface area contributed by atoms with Crippen LogP contribution in [0, 0.1) is 5.92 Å². The lowest BCUT2D eigenvalue weighted by Crippen LogP contribution is -2.28. The maximum Gasteiger partial charge on any atom is 0.223 e. The Balaban J connectivity index is 1.54. The average Bonchev–Trinajstić information content (AvgIpc) is 3.31. The topological polar surface area (TPSA) is 59.6 Å². The number of hydrogen-bond donors (Lipinski definition) is 2. The number of ether oxygens (including phenoxy) is 2. The van der Waals surface area contributed by atoms with Crippen LogP contribution in [0.15, 0.2) is 18.2 Å². The first-order chi connectivity index (χ1) is 10.3. The summed E-state index contributed by atoms with van der Waals surface area (Å²) in [5, 5.41) is 6.08. The molecule has 2 unspecified atom stereocenters. The van der Waals surface area contributed by atoms with Crippen LogP contribution in [0.3, 0.4) is 0 Å². The average molecular weight is 290 g/mol. The van der Waals surface area contributed by atoms with Crippen LogP contribution in [0.4, 0.5) is 0 Å². The van der Waals surface area contributed by atoms with Crippen LogP contribution < -0.4 is 20.1 Å². The van der Waals surface area contributed by atoms with Gasteiger partial charge in [0, 0.05) is 12.5 Å². The lowest BCUT2D eigenvalue weighted by atomic mass is 10.1. The normalized spacial score (nSPS) is 22.7. The molecule has 2 atom stereocenters. The lowest BCUT2D eigenvalue weighted by Gasteiger charge is -2.18. The van der Waals surface area contributed by atoms with E-state index in [4.69, 9.17) is 9.47 Å². The van der Waals surface area contributed by atoms with Gasteiger partial charge in [-0.05, 0) is 50.0 Å². The Morgan fingerprint density at radius 2 is 2.05 bits per heavy atom. The SMILES string of the molecule is CNCCCNC(=O)C1CC1c1ccc2c(c1)OCCO2. The van der Waals surface area contributed by atoms with Gasteiger partial charge in [0.15, 0.2) is 11.5 Å². The molecule has 1 fully saturated rings. The molecular formula is C16H22N2O3. The van der Waals surface area contributed by atoms with Gasteiger partial charge in [-0.2, -0.15) is 0 Å². The molecule has 1 saturated carbocycles. The Bertz CT molecular complexity index is 518. The molecule has 3 rings (SSSR count). The highest BCUT2D eigenvalue weighted by atomic mass is 16.6. The summed E-state index contributed by atoms with van der Waals surface area (Å²) in [6.07, 6.45) is 1.89. The predicted octanol–water partition coefficient (Wildman–Crippen LogP) is 1.29. The predicted molar refractivity (Wildman–Crippen MR) is 79.8 cm³/mol. The van der Waals surface area contributed by atoms with Crippen molar-refractivity contribution in [3.8, 4) is 11.5 Å². The van der Waals surface area contributed by atoms with Crippen molar-refractivity contribution in [1.82, 2.24) is 10.6 Å². The van der Waals surface area contributed by atoms with Crippen molar-refractivity contribution in [1.29, 1.82) is 0 Å². The van der Waals surface area contributed by atoms with Crippen molar-refractivity contribution in [3.05, 3.63) is 23.8 Å². The molecule has 114 valence electrons. The molecule has 0 spiro atoms. The molecule has 0 radical (unpaired) electrons. The van der Waals surface area contributed by atoms with Crippen LogP contribution in [0.2, 0.25) is 0 Å². The molecule has 1 aliphatic carbocycles. The minimum Gasteiger partial charge on any atom is -0.486 e. The van der Waals surface area contributed by atoms with Gasteiger partial charge in [-0.3, -0.25) is 4.79 Å². The second-order valence-electron chi connectivity index (χ2n) is 5.60. The fourth-order valence-electron chi connectivity index (χ4n) is 2.75. The van der Waals surface area contributed by atoms with E-state index in [2.05, 4.69) is 10.6 Å². The summed E-state index contributed by atoms with van der Waals surface area (Å²) < 4.78 is 11.1. The zero-order valence-corrected chi connectivity index (χ0v) is 12.4. The summed E-state index contributed by atoms with van der Waals surface area (Å²) in [5.74, 6) is 2.22. The quantitative estimate of drug-likeness (QED) is 0.775. The van der Waals surface area contributed by atoms with E-state index in [1.807, 2.05) is 25.2 Å². The second-order valence-corrected chi connectivity index (χ2v) is 5.60. The fraction of sp³-hybridized carbons (Fsp3) is 0.562. The molecule has 1 amide bonds. The first kappa shape index (κ1) is 14.2. The third kappa shape index (κ3) is 3.29. The molecule has 1 aromatic rings. The number of rotatable bonds is 6. The Morgan fingerprint density at radius 1 is 1.24 bits per heavy atom. The Kier molecular flexibility index (Phi) is 4.29. The van der Waals surface area contributed by atoms with Gasteiger partial charge in [0.2, 0.25) is 5.91 Å². The zero-order chi connectivity index (χ0) is 14.7.